The molecular formula is C16H15Cl2N3O. The summed E-state index contributed by atoms with van der Waals surface area (Å²) in [7, 11) is 0. The molecule has 1 N–H and O–H groups in total. The van der Waals surface area contributed by atoms with Gasteiger partial charge >= 0.3 is 0 Å². The fourth-order valence-electron chi connectivity index (χ4n) is 2.66. The Morgan fingerprint density at radius 1 is 1.23 bits per heavy atom. The van der Waals surface area contributed by atoms with Crippen LogP contribution in [-0.4, -0.2) is 14.6 Å². The van der Waals surface area contributed by atoms with Gasteiger partial charge in [0.2, 0.25) is 0 Å². The van der Waals surface area contributed by atoms with Gasteiger partial charge in [0.15, 0.2) is 5.65 Å². The third-order valence-corrected chi connectivity index (χ3v) is 4.19. The molecule has 0 amide bonds. The van der Waals surface area contributed by atoms with Crippen LogP contribution in [0.4, 0.5) is 0 Å². The first kappa shape index (κ1) is 15.1. The summed E-state index contributed by atoms with van der Waals surface area (Å²) in [6, 6.07) is 7.06. The van der Waals surface area contributed by atoms with Crippen LogP contribution in [0.15, 0.2) is 29.1 Å². The highest BCUT2D eigenvalue weighted by atomic mass is 35.5. The summed E-state index contributed by atoms with van der Waals surface area (Å²) in [5.74, 6) is 0.114. The monoisotopic (exact) mass is 335 g/mol. The number of halogens is 2. The summed E-state index contributed by atoms with van der Waals surface area (Å²) in [6.45, 7) is 5.83. The van der Waals surface area contributed by atoms with Gasteiger partial charge in [-0.15, -0.1) is 0 Å². The average molecular weight is 336 g/mol. The molecule has 3 rings (SSSR count). The maximum absolute atomic E-state index is 12.6. The van der Waals surface area contributed by atoms with E-state index in [1.165, 1.54) is 4.52 Å². The Bertz CT molecular complexity index is 925. The van der Waals surface area contributed by atoms with Crippen molar-refractivity contribution >= 4 is 28.8 Å². The van der Waals surface area contributed by atoms with Gasteiger partial charge < -0.3 is 0 Å². The van der Waals surface area contributed by atoms with Gasteiger partial charge in [-0.1, -0.05) is 37.0 Å². The van der Waals surface area contributed by atoms with Crippen LogP contribution in [-0.2, 0) is 0 Å². The zero-order valence-corrected chi connectivity index (χ0v) is 14.0. The Morgan fingerprint density at radius 3 is 2.59 bits per heavy atom. The third kappa shape index (κ3) is 2.42. The van der Waals surface area contributed by atoms with Crippen LogP contribution in [0.25, 0.3) is 16.9 Å². The molecule has 3 aromatic rings. The maximum Gasteiger partial charge on any atom is 0.276 e. The van der Waals surface area contributed by atoms with Crippen LogP contribution >= 0.6 is 23.2 Å². The SMILES string of the molecule is Cc1nc2cc(-c3ccc(Cl)cc3Cl)[nH]n2c(=O)c1C(C)C. The van der Waals surface area contributed by atoms with E-state index >= 15 is 0 Å². The van der Waals surface area contributed by atoms with E-state index in [1.807, 2.05) is 32.9 Å². The summed E-state index contributed by atoms with van der Waals surface area (Å²) >= 11 is 12.2. The number of fused-ring (bicyclic) bond motifs is 1. The van der Waals surface area contributed by atoms with Crippen molar-refractivity contribution in [1.29, 1.82) is 0 Å². The second-order valence-electron chi connectivity index (χ2n) is 5.56. The number of benzene rings is 1. The minimum atomic E-state index is -0.0752. The van der Waals surface area contributed by atoms with Crippen LogP contribution in [0, 0.1) is 6.92 Å². The van der Waals surface area contributed by atoms with Gasteiger partial charge in [-0.05, 0) is 31.0 Å². The fraction of sp³-hybridized carbons (Fsp3) is 0.250. The number of rotatable bonds is 2. The predicted octanol–water partition coefficient (Wildman–Crippen LogP) is 4.43. The number of hydrogen-bond donors (Lipinski definition) is 1. The van der Waals surface area contributed by atoms with Crippen molar-refractivity contribution in [3.8, 4) is 11.3 Å². The number of hydrogen-bond acceptors (Lipinski definition) is 2. The predicted molar refractivity (Wildman–Crippen MR) is 90.1 cm³/mol. The lowest BCUT2D eigenvalue weighted by atomic mass is 10.0. The Hall–Kier alpha value is -1.78. The van der Waals surface area contributed by atoms with E-state index in [4.69, 9.17) is 23.2 Å². The molecule has 0 spiro atoms. The lowest BCUT2D eigenvalue weighted by Gasteiger charge is -2.07. The average Bonchev–Trinajstić information content (AvgIpc) is 2.81. The molecule has 22 heavy (non-hydrogen) atoms. The minimum absolute atomic E-state index is 0.0752. The largest absolute Gasteiger partial charge is 0.289 e. The molecule has 0 aliphatic rings. The Labute approximate surface area is 137 Å². The molecule has 0 aliphatic heterocycles. The molecule has 0 radical (unpaired) electrons. The molecule has 2 aromatic heterocycles. The van der Waals surface area contributed by atoms with Crippen LogP contribution < -0.4 is 5.56 Å². The van der Waals surface area contributed by atoms with Crippen LogP contribution in [0.5, 0.6) is 0 Å². The molecule has 114 valence electrons. The molecule has 0 bridgehead atoms. The van der Waals surface area contributed by atoms with Gasteiger partial charge in [-0.25, -0.2) is 9.50 Å². The number of H-pyrrole nitrogens is 1. The smallest absolute Gasteiger partial charge is 0.276 e. The normalized spacial score (nSPS) is 11.5. The number of nitrogens with one attached hydrogen (secondary N) is 1. The van der Waals surface area contributed by atoms with Crippen LogP contribution in [0.1, 0.15) is 31.0 Å². The molecule has 0 atom stereocenters. The molecule has 0 fully saturated rings. The van der Waals surface area contributed by atoms with E-state index in [9.17, 15) is 4.79 Å². The van der Waals surface area contributed by atoms with E-state index < -0.39 is 0 Å². The summed E-state index contributed by atoms with van der Waals surface area (Å²) in [5, 5.41) is 4.17. The molecule has 0 saturated carbocycles. The van der Waals surface area contributed by atoms with E-state index in [0.717, 1.165) is 17.0 Å². The van der Waals surface area contributed by atoms with Crippen molar-refractivity contribution in [3.05, 3.63) is 55.9 Å². The zero-order valence-electron chi connectivity index (χ0n) is 12.4. The second kappa shape index (κ2) is 5.45. The van der Waals surface area contributed by atoms with E-state index in [2.05, 4.69) is 10.1 Å². The molecule has 4 nitrogen and oxygen atoms in total. The first-order valence-corrected chi connectivity index (χ1v) is 7.71. The van der Waals surface area contributed by atoms with Crippen molar-refractivity contribution in [2.75, 3.05) is 0 Å². The summed E-state index contributed by atoms with van der Waals surface area (Å²) in [5.41, 5.74) is 3.48. The summed E-state index contributed by atoms with van der Waals surface area (Å²) in [6.07, 6.45) is 0. The van der Waals surface area contributed by atoms with Crippen molar-refractivity contribution in [2.45, 2.75) is 26.7 Å². The molecule has 2 heterocycles. The fourth-order valence-corrected chi connectivity index (χ4v) is 3.17. The molecule has 1 aromatic carbocycles. The number of aromatic amines is 1. The van der Waals surface area contributed by atoms with Gasteiger partial charge in [0, 0.05) is 27.9 Å². The number of nitrogens with zero attached hydrogens (tertiary/aromatic N) is 2. The van der Waals surface area contributed by atoms with Crippen molar-refractivity contribution < 1.29 is 0 Å². The molecular weight excluding hydrogens is 321 g/mol. The van der Waals surface area contributed by atoms with Gasteiger partial charge in [0.1, 0.15) is 0 Å². The van der Waals surface area contributed by atoms with Gasteiger partial charge in [-0.2, -0.15) is 0 Å². The quantitative estimate of drug-likeness (QED) is 0.753. The molecule has 0 saturated heterocycles. The zero-order chi connectivity index (χ0) is 16.0. The lowest BCUT2D eigenvalue weighted by molar-refractivity contribution is 0.781. The highest BCUT2D eigenvalue weighted by molar-refractivity contribution is 6.36. The van der Waals surface area contributed by atoms with Gasteiger partial charge in [-0.3, -0.25) is 9.89 Å². The van der Waals surface area contributed by atoms with Crippen molar-refractivity contribution in [2.24, 2.45) is 0 Å². The maximum atomic E-state index is 12.6. The number of aromatic nitrogens is 3. The van der Waals surface area contributed by atoms with Crippen molar-refractivity contribution in [3.63, 3.8) is 0 Å². The summed E-state index contributed by atoms with van der Waals surface area (Å²) < 4.78 is 1.46. The van der Waals surface area contributed by atoms with E-state index in [-0.39, 0.29) is 11.5 Å². The highest BCUT2D eigenvalue weighted by Gasteiger charge is 2.16. The van der Waals surface area contributed by atoms with Crippen LogP contribution in [0.3, 0.4) is 0 Å². The standard InChI is InChI=1S/C16H15Cl2N3O/c1-8(2)15-9(3)19-14-7-13(20-21(14)16(15)22)11-5-4-10(17)6-12(11)18/h4-8,20H,1-3H3. The van der Waals surface area contributed by atoms with Crippen LogP contribution in [0.2, 0.25) is 10.0 Å². The number of aryl methyl sites for hydroxylation is 1. The van der Waals surface area contributed by atoms with Gasteiger partial charge in [0.25, 0.3) is 5.56 Å². The third-order valence-electron chi connectivity index (χ3n) is 3.64. The Morgan fingerprint density at radius 2 is 1.95 bits per heavy atom. The second-order valence-corrected chi connectivity index (χ2v) is 6.40. The van der Waals surface area contributed by atoms with E-state index in [1.54, 1.807) is 12.1 Å². The molecule has 0 aliphatic carbocycles. The Kier molecular flexibility index (Phi) is 3.75. The molecule has 6 heteroatoms. The Balaban J connectivity index is 2.26. The lowest BCUT2D eigenvalue weighted by Crippen LogP contribution is -2.22. The summed E-state index contributed by atoms with van der Waals surface area (Å²) in [4.78, 5) is 17.1. The first-order valence-electron chi connectivity index (χ1n) is 6.96. The van der Waals surface area contributed by atoms with E-state index in [0.29, 0.717) is 21.3 Å². The molecule has 0 unspecified atom stereocenters. The highest BCUT2D eigenvalue weighted by Crippen LogP contribution is 2.29. The van der Waals surface area contributed by atoms with Gasteiger partial charge in [0.05, 0.1) is 10.7 Å². The first-order chi connectivity index (χ1) is 10.4. The minimum Gasteiger partial charge on any atom is -0.289 e. The van der Waals surface area contributed by atoms with Crippen molar-refractivity contribution in [1.82, 2.24) is 14.6 Å². The topological polar surface area (TPSA) is 50.2 Å².